The topological polar surface area (TPSA) is 53.8 Å². The number of nitrogens with zero attached hydrogens (tertiary/aromatic N) is 4. The predicted octanol–water partition coefficient (Wildman–Crippen LogP) is 3.90. The molecule has 3 rings (SSSR count). The van der Waals surface area contributed by atoms with Gasteiger partial charge in [0.05, 0.1) is 18.1 Å². The van der Waals surface area contributed by atoms with Crippen LogP contribution in [0.25, 0.3) is 11.4 Å². The molecular weight excluding hydrogens is 335 g/mol. The molecule has 1 aromatic heterocycles. The molecule has 0 unspecified atom stereocenters. The average Bonchev–Trinajstić information content (AvgIpc) is 3.07. The minimum Gasteiger partial charge on any atom is -0.632 e. The molecule has 2 heterocycles. The van der Waals surface area contributed by atoms with Crippen LogP contribution in [0.5, 0.6) is 0 Å². The Bertz CT molecular complexity index is 693. The Morgan fingerprint density at radius 1 is 1.17 bits per heavy atom. The van der Waals surface area contributed by atoms with Crippen LogP contribution in [0.2, 0.25) is 5.02 Å². The summed E-state index contributed by atoms with van der Waals surface area (Å²) < 4.78 is 1.67. The molecule has 1 aliphatic heterocycles. The van der Waals surface area contributed by atoms with Crippen molar-refractivity contribution in [3.63, 3.8) is 0 Å². The molecule has 0 aliphatic carbocycles. The summed E-state index contributed by atoms with van der Waals surface area (Å²) in [5.41, 5.74) is 0.206. The van der Waals surface area contributed by atoms with Gasteiger partial charge in [-0.3, -0.25) is 0 Å². The number of rotatable bonds is 3. The van der Waals surface area contributed by atoms with Crippen LogP contribution in [0.1, 0.15) is 32.5 Å². The summed E-state index contributed by atoms with van der Waals surface area (Å²) in [4.78, 5) is 0. The van der Waals surface area contributed by atoms with Crippen molar-refractivity contribution in [3.8, 4) is 11.4 Å². The Kier molecular flexibility index (Phi) is 5.06. The van der Waals surface area contributed by atoms with E-state index in [0.29, 0.717) is 29.8 Å². The number of benzene rings is 1. The second-order valence-electron chi connectivity index (χ2n) is 6.49. The first kappa shape index (κ1) is 18.2. The third kappa shape index (κ3) is 2.87. The lowest BCUT2D eigenvalue weighted by molar-refractivity contribution is -0.926. The summed E-state index contributed by atoms with van der Waals surface area (Å²) in [6, 6.07) is 7.55. The standard InChI is InChI=1S/C16H21ClN4O.ClH/c1-16(2,21(22)10-6-7-11-21)15-19-18-14(20(15)3)12-8-4-5-9-13(12)17;/h4-5,8-9H,6-7,10-11H2,1-3H3;1H. The molecule has 1 saturated heterocycles. The van der Waals surface area contributed by atoms with E-state index in [1.807, 2.05) is 49.7 Å². The molecule has 126 valence electrons. The van der Waals surface area contributed by atoms with E-state index in [9.17, 15) is 5.21 Å². The van der Waals surface area contributed by atoms with Crippen LogP contribution in [0.15, 0.2) is 24.3 Å². The molecule has 0 saturated carbocycles. The molecule has 0 atom stereocenters. The van der Waals surface area contributed by atoms with E-state index < -0.39 is 5.54 Å². The minimum absolute atomic E-state index is 0. The molecule has 0 radical (unpaired) electrons. The molecule has 0 N–H and O–H groups in total. The number of hydrogen-bond acceptors (Lipinski definition) is 3. The smallest absolute Gasteiger partial charge is 0.194 e. The molecule has 1 fully saturated rings. The number of hydrogen-bond donors (Lipinski definition) is 0. The van der Waals surface area contributed by atoms with Crippen LogP contribution >= 0.6 is 24.0 Å². The molecule has 0 spiro atoms. The highest BCUT2D eigenvalue weighted by Gasteiger charge is 2.44. The van der Waals surface area contributed by atoms with Gasteiger partial charge in [-0.05, 0) is 26.0 Å². The van der Waals surface area contributed by atoms with Crippen molar-refractivity contribution in [1.82, 2.24) is 14.8 Å². The SMILES string of the molecule is Cl.Cn1c(-c2ccccc2Cl)nnc1C(C)(C)[N+]1([O-])CCCC1. The van der Waals surface area contributed by atoms with Gasteiger partial charge < -0.3 is 14.4 Å². The fourth-order valence-electron chi connectivity index (χ4n) is 3.33. The summed E-state index contributed by atoms with van der Waals surface area (Å²) in [5, 5.41) is 22.4. The maximum atomic E-state index is 13.1. The van der Waals surface area contributed by atoms with Crippen LogP contribution in [0.4, 0.5) is 0 Å². The zero-order valence-corrected chi connectivity index (χ0v) is 15.2. The van der Waals surface area contributed by atoms with E-state index in [1.54, 1.807) is 0 Å². The van der Waals surface area contributed by atoms with Crippen LogP contribution < -0.4 is 0 Å². The van der Waals surface area contributed by atoms with E-state index in [0.717, 1.165) is 18.4 Å². The van der Waals surface area contributed by atoms with Crippen molar-refractivity contribution < 1.29 is 4.65 Å². The average molecular weight is 357 g/mol. The van der Waals surface area contributed by atoms with E-state index in [2.05, 4.69) is 10.2 Å². The van der Waals surface area contributed by atoms with Crippen LogP contribution in [0, 0.1) is 5.21 Å². The van der Waals surface area contributed by atoms with Crippen molar-refractivity contribution in [2.45, 2.75) is 32.2 Å². The zero-order chi connectivity index (χ0) is 16.0. The van der Waals surface area contributed by atoms with Crippen molar-refractivity contribution in [2.75, 3.05) is 13.1 Å². The van der Waals surface area contributed by atoms with Gasteiger partial charge >= 0.3 is 0 Å². The van der Waals surface area contributed by atoms with Crippen LogP contribution in [0.3, 0.4) is 0 Å². The van der Waals surface area contributed by atoms with E-state index in [4.69, 9.17) is 11.6 Å². The number of halogens is 2. The fraction of sp³-hybridized carbons (Fsp3) is 0.500. The first-order valence-electron chi connectivity index (χ1n) is 7.60. The third-order valence-corrected chi connectivity index (χ3v) is 5.17. The second kappa shape index (κ2) is 6.40. The van der Waals surface area contributed by atoms with Gasteiger partial charge in [0.25, 0.3) is 0 Å². The normalized spacial score (nSPS) is 17.1. The number of likely N-dealkylation sites (tertiary alicyclic amines) is 1. The molecule has 0 bridgehead atoms. The molecule has 1 aliphatic rings. The Labute approximate surface area is 147 Å². The quantitative estimate of drug-likeness (QED) is 0.618. The number of aromatic nitrogens is 3. The monoisotopic (exact) mass is 356 g/mol. The highest BCUT2D eigenvalue weighted by molar-refractivity contribution is 6.33. The van der Waals surface area contributed by atoms with Gasteiger partial charge in [-0.25, -0.2) is 0 Å². The van der Waals surface area contributed by atoms with Gasteiger partial charge in [0.15, 0.2) is 17.2 Å². The predicted molar refractivity (Wildman–Crippen MR) is 94.3 cm³/mol. The van der Waals surface area contributed by atoms with Gasteiger partial charge in [-0.1, -0.05) is 23.7 Å². The van der Waals surface area contributed by atoms with E-state index >= 15 is 0 Å². The molecule has 2 aromatic rings. The van der Waals surface area contributed by atoms with Crippen molar-refractivity contribution in [2.24, 2.45) is 7.05 Å². The molecular formula is C16H22Cl2N4O. The van der Waals surface area contributed by atoms with Gasteiger partial charge in [0.1, 0.15) is 0 Å². The molecule has 5 nitrogen and oxygen atoms in total. The lowest BCUT2D eigenvalue weighted by Gasteiger charge is -2.50. The van der Waals surface area contributed by atoms with E-state index in [-0.39, 0.29) is 17.1 Å². The van der Waals surface area contributed by atoms with Gasteiger partial charge in [0, 0.05) is 25.5 Å². The maximum Gasteiger partial charge on any atom is 0.194 e. The lowest BCUT2D eigenvalue weighted by Crippen LogP contribution is -2.54. The van der Waals surface area contributed by atoms with Gasteiger partial charge in [-0.15, -0.1) is 22.6 Å². The maximum absolute atomic E-state index is 13.1. The van der Waals surface area contributed by atoms with Crippen LogP contribution in [-0.2, 0) is 12.6 Å². The van der Waals surface area contributed by atoms with Crippen molar-refractivity contribution in [3.05, 3.63) is 40.3 Å². The first-order valence-corrected chi connectivity index (χ1v) is 7.97. The molecule has 23 heavy (non-hydrogen) atoms. The van der Waals surface area contributed by atoms with E-state index in [1.165, 1.54) is 0 Å². The Morgan fingerprint density at radius 3 is 2.39 bits per heavy atom. The Morgan fingerprint density at radius 2 is 1.78 bits per heavy atom. The molecule has 1 aromatic carbocycles. The third-order valence-electron chi connectivity index (χ3n) is 4.84. The summed E-state index contributed by atoms with van der Waals surface area (Å²) in [6.07, 6.45) is 1.95. The number of hydroxylamine groups is 3. The Balaban J connectivity index is 0.00000192. The van der Waals surface area contributed by atoms with Gasteiger partial charge in [0.2, 0.25) is 0 Å². The van der Waals surface area contributed by atoms with Crippen molar-refractivity contribution >= 4 is 24.0 Å². The second-order valence-corrected chi connectivity index (χ2v) is 6.90. The summed E-state index contributed by atoms with van der Waals surface area (Å²) in [7, 11) is 1.90. The highest BCUT2D eigenvalue weighted by atomic mass is 35.5. The lowest BCUT2D eigenvalue weighted by atomic mass is 10.0. The molecule has 0 amide bonds. The summed E-state index contributed by atoms with van der Waals surface area (Å²) in [6.45, 7) is 5.21. The molecule has 7 heteroatoms. The van der Waals surface area contributed by atoms with Crippen LogP contribution in [-0.4, -0.2) is 32.5 Å². The minimum atomic E-state index is -0.627. The largest absolute Gasteiger partial charge is 0.632 e. The van der Waals surface area contributed by atoms with Crippen molar-refractivity contribution in [1.29, 1.82) is 0 Å². The van der Waals surface area contributed by atoms with Gasteiger partial charge in [-0.2, -0.15) is 0 Å². The summed E-state index contributed by atoms with van der Waals surface area (Å²) in [5.74, 6) is 1.40. The Hall–Kier alpha value is -1.14. The zero-order valence-electron chi connectivity index (χ0n) is 13.6. The summed E-state index contributed by atoms with van der Waals surface area (Å²) >= 11 is 6.26. The first-order chi connectivity index (χ1) is 10.4. The highest BCUT2D eigenvalue weighted by Crippen LogP contribution is 2.38. The number of quaternary nitrogens is 1. The fourth-order valence-corrected chi connectivity index (χ4v) is 3.55.